The van der Waals surface area contributed by atoms with Crippen molar-refractivity contribution in [3.63, 3.8) is 0 Å². The van der Waals surface area contributed by atoms with E-state index in [1.165, 1.54) is 0 Å². The van der Waals surface area contributed by atoms with E-state index < -0.39 is 0 Å². The van der Waals surface area contributed by atoms with Crippen LogP contribution >= 0.6 is 0 Å². The Bertz CT molecular complexity index is 581. The quantitative estimate of drug-likeness (QED) is 0.844. The number of nitrogens with zero attached hydrogens (tertiary/aromatic N) is 3. The van der Waals surface area contributed by atoms with Gasteiger partial charge >= 0.3 is 0 Å². The molecule has 114 valence electrons. The summed E-state index contributed by atoms with van der Waals surface area (Å²) in [6.07, 6.45) is 1.65. The van der Waals surface area contributed by atoms with Gasteiger partial charge in [0.25, 0.3) is 0 Å². The number of aromatic nitrogens is 3. The highest BCUT2D eigenvalue weighted by atomic mass is 16.5. The number of methoxy groups -OCH3 is 1. The molecular weight excluding hydrogens is 268 g/mol. The zero-order chi connectivity index (χ0) is 15.2. The summed E-state index contributed by atoms with van der Waals surface area (Å²) in [5.74, 6) is 2.19. The molecule has 0 unspecified atom stereocenters. The van der Waals surface area contributed by atoms with E-state index in [-0.39, 0.29) is 0 Å². The van der Waals surface area contributed by atoms with Crippen LogP contribution in [0.3, 0.4) is 0 Å². The summed E-state index contributed by atoms with van der Waals surface area (Å²) in [7, 11) is 3.53. The monoisotopic (exact) mass is 290 g/mol. The van der Waals surface area contributed by atoms with Crippen LogP contribution in [0.2, 0.25) is 0 Å². The van der Waals surface area contributed by atoms with E-state index in [4.69, 9.17) is 9.47 Å². The maximum absolute atomic E-state index is 5.77. The lowest BCUT2D eigenvalue weighted by Gasteiger charge is -2.13. The first-order chi connectivity index (χ1) is 10.1. The molecule has 0 aliphatic heterocycles. The summed E-state index contributed by atoms with van der Waals surface area (Å²) in [4.78, 5) is 0. The third kappa shape index (κ3) is 4.19. The van der Waals surface area contributed by atoms with Gasteiger partial charge in [-0.25, -0.2) is 0 Å². The number of ether oxygens (including phenoxy) is 2. The number of rotatable bonds is 7. The van der Waals surface area contributed by atoms with Gasteiger partial charge in [-0.2, -0.15) is 0 Å². The molecule has 21 heavy (non-hydrogen) atoms. The van der Waals surface area contributed by atoms with Gasteiger partial charge in [-0.15, -0.1) is 10.2 Å². The number of nitrogens with one attached hydrogen (secondary N) is 1. The van der Waals surface area contributed by atoms with E-state index in [0.717, 1.165) is 23.7 Å². The van der Waals surface area contributed by atoms with Crippen LogP contribution in [0.1, 0.15) is 25.2 Å². The molecule has 1 aromatic heterocycles. The van der Waals surface area contributed by atoms with E-state index in [9.17, 15) is 0 Å². The van der Waals surface area contributed by atoms with Crippen molar-refractivity contribution in [1.82, 2.24) is 20.1 Å². The van der Waals surface area contributed by atoms with Crippen LogP contribution in [-0.2, 0) is 20.2 Å². The zero-order valence-corrected chi connectivity index (χ0v) is 13.0. The van der Waals surface area contributed by atoms with Crippen molar-refractivity contribution in [3.05, 3.63) is 35.9 Å². The largest absolute Gasteiger partial charge is 0.493 e. The second-order valence-corrected chi connectivity index (χ2v) is 5.17. The summed E-state index contributed by atoms with van der Waals surface area (Å²) >= 11 is 0. The molecule has 0 spiro atoms. The van der Waals surface area contributed by atoms with Gasteiger partial charge in [-0.1, -0.05) is 19.9 Å². The van der Waals surface area contributed by atoms with Crippen molar-refractivity contribution in [2.75, 3.05) is 7.11 Å². The maximum Gasteiger partial charge on any atom is 0.170 e. The zero-order valence-electron chi connectivity index (χ0n) is 13.0. The van der Waals surface area contributed by atoms with Gasteiger partial charge in [0.2, 0.25) is 0 Å². The molecule has 0 radical (unpaired) electrons. The van der Waals surface area contributed by atoms with Crippen LogP contribution in [0.15, 0.2) is 24.5 Å². The molecule has 6 heteroatoms. The third-order valence-corrected chi connectivity index (χ3v) is 3.10. The molecule has 0 bridgehead atoms. The number of hydrogen-bond acceptors (Lipinski definition) is 5. The van der Waals surface area contributed by atoms with Crippen LogP contribution < -0.4 is 14.8 Å². The highest BCUT2D eigenvalue weighted by Gasteiger charge is 2.08. The summed E-state index contributed by atoms with van der Waals surface area (Å²) in [6, 6.07) is 6.39. The van der Waals surface area contributed by atoms with Crippen molar-refractivity contribution in [3.8, 4) is 11.5 Å². The van der Waals surface area contributed by atoms with Crippen LogP contribution in [0.5, 0.6) is 11.5 Å². The molecule has 6 nitrogen and oxygen atoms in total. The van der Waals surface area contributed by atoms with Gasteiger partial charge in [0, 0.05) is 19.6 Å². The molecule has 0 saturated carbocycles. The predicted octanol–water partition coefficient (Wildman–Crippen LogP) is 1.90. The molecule has 2 aromatic rings. The third-order valence-electron chi connectivity index (χ3n) is 3.10. The number of aryl methyl sites for hydroxylation is 1. The van der Waals surface area contributed by atoms with Crippen molar-refractivity contribution < 1.29 is 9.47 Å². The van der Waals surface area contributed by atoms with Crippen molar-refractivity contribution >= 4 is 0 Å². The predicted molar refractivity (Wildman–Crippen MR) is 80.3 cm³/mol. The van der Waals surface area contributed by atoms with Gasteiger partial charge in [0.05, 0.1) is 7.11 Å². The first-order valence-electron chi connectivity index (χ1n) is 6.96. The average Bonchev–Trinajstić information content (AvgIpc) is 2.88. The van der Waals surface area contributed by atoms with E-state index in [2.05, 4.69) is 29.4 Å². The first kappa shape index (κ1) is 15.3. The normalized spacial score (nSPS) is 10.9. The molecule has 0 atom stereocenters. The second-order valence-electron chi connectivity index (χ2n) is 5.17. The molecule has 1 heterocycles. The van der Waals surface area contributed by atoms with Crippen LogP contribution in [0.4, 0.5) is 0 Å². The van der Waals surface area contributed by atoms with E-state index >= 15 is 0 Å². The molecule has 2 rings (SSSR count). The van der Waals surface area contributed by atoms with Gasteiger partial charge < -0.3 is 19.4 Å². The van der Waals surface area contributed by atoms with E-state index in [1.54, 1.807) is 13.4 Å². The molecule has 0 saturated heterocycles. The highest BCUT2D eigenvalue weighted by Crippen LogP contribution is 2.28. The van der Waals surface area contributed by atoms with Gasteiger partial charge in [0.1, 0.15) is 12.9 Å². The Morgan fingerprint density at radius 3 is 2.71 bits per heavy atom. The van der Waals surface area contributed by atoms with Crippen LogP contribution in [-0.4, -0.2) is 27.9 Å². The smallest absolute Gasteiger partial charge is 0.170 e. The lowest BCUT2D eigenvalue weighted by molar-refractivity contribution is 0.272. The van der Waals surface area contributed by atoms with Gasteiger partial charge in [-0.05, 0) is 17.7 Å². The summed E-state index contributed by atoms with van der Waals surface area (Å²) in [6.45, 7) is 5.40. The second kappa shape index (κ2) is 7.08. The standard InChI is InChI=1S/C15H22N4O2/c1-11(2)16-8-12-5-6-13(14(7-12)20-4)21-9-15-18-17-10-19(15)3/h5-7,10-11,16H,8-9H2,1-4H3. The molecule has 0 aliphatic rings. The minimum Gasteiger partial charge on any atom is -0.493 e. The fourth-order valence-electron chi connectivity index (χ4n) is 1.84. The minimum absolute atomic E-state index is 0.358. The molecular formula is C15H22N4O2. The Morgan fingerprint density at radius 1 is 1.29 bits per heavy atom. The van der Waals surface area contributed by atoms with Crippen LogP contribution in [0, 0.1) is 0 Å². The van der Waals surface area contributed by atoms with Crippen molar-refractivity contribution in [2.24, 2.45) is 7.05 Å². The van der Waals surface area contributed by atoms with Crippen molar-refractivity contribution in [2.45, 2.75) is 33.0 Å². The van der Waals surface area contributed by atoms with Crippen LogP contribution in [0.25, 0.3) is 0 Å². The Hall–Kier alpha value is -2.08. The highest BCUT2D eigenvalue weighted by molar-refractivity contribution is 5.43. The van der Waals surface area contributed by atoms with Crippen molar-refractivity contribution in [1.29, 1.82) is 0 Å². The number of benzene rings is 1. The number of hydrogen-bond donors (Lipinski definition) is 1. The lowest BCUT2D eigenvalue weighted by atomic mass is 10.2. The van der Waals surface area contributed by atoms with E-state index in [1.807, 2.05) is 29.8 Å². The van der Waals surface area contributed by atoms with Gasteiger partial charge in [0.15, 0.2) is 17.3 Å². The Kier molecular flexibility index (Phi) is 5.16. The SMILES string of the molecule is COc1cc(CNC(C)C)ccc1OCc1nncn1C. The summed E-state index contributed by atoms with van der Waals surface area (Å²) in [5, 5.41) is 11.2. The lowest BCUT2D eigenvalue weighted by Crippen LogP contribution is -2.21. The minimum atomic E-state index is 0.358. The first-order valence-corrected chi connectivity index (χ1v) is 6.96. The molecule has 1 N–H and O–H groups in total. The Balaban J connectivity index is 2.04. The summed E-state index contributed by atoms with van der Waals surface area (Å²) in [5.41, 5.74) is 1.16. The fraction of sp³-hybridized carbons (Fsp3) is 0.467. The maximum atomic E-state index is 5.77. The average molecular weight is 290 g/mol. The molecule has 1 aromatic carbocycles. The molecule has 0 aliphatic carbocycles. The Morgan fingerprint density at radius 2 is 2.10 bits per heavy atom. The molecule has 0 fully saturated rings. The molecule has 0 amide bonds. The fourth-order valence-corrected chi connectivity index (χ4v) is 1.84. The van der Waals surface area contributed by atoms with Gasteiger partial charge in [-0.3, -0.25) is 0 Å². The topological polar surface area (TPSA) is 61.2 Å². The Labute approximate surface area is 125 Å². The van der Waals surface area contributed by atoms with E-state index in [0.29, 0.717) is 18.4 Å². The summed E-state index contributed by atoms with van der Waals surface area (Å²) < 4.78 is 13.0.